The SMILES string of the molecule is N#Cc1ccccc1C1=NC(=[N-])c2c(C#N)cccc21. The zero-order valence-electron chi connectivity index (χ0n) is 10.3. The van der Waals surface area contributed by atoms with Crippen LogP contribution in [0.15, 0.2) is 47.5 Å². The Balaban J connectivity index is 2.27. The van der Waals surface area contributed by atoms with E-state index >= 15 is 0 Å². The summed E-state index contributed by atoms with van der Waals surface area (Å²) in [4.78, 5) is 4.13. The number of aliphatic imine (C=N–C) groups is 1. The summed E-state index contributed by atoms with van der Waals surface area (Å²) in [7, 11) is 0. The molecule has 0 atom stereocenters. The summed E-state index contributed by atoms with van der Waals surface area (Å²) >= 11 is 0. The molecule has 0 fully saturated rings. The van der Waals surface area contributed by atoms with Crippen LogP contribution in [0.25, 0.3) is 5.41 Å². The van der Waals surface area contributed by atoms with E-state index in [-0.39, 0.29) is 5.84 Å². The van der Waals surface area contributed by atoms with Gasteiger partial charge in [-0.15, -0.1) is 0 Å². The lowest BCUT2D eigenvalue weighted by atomic mass is 9.94. The number of fused-ring (bicyclic) bond motifs is 1. The molecule has 1 aliphatic rings. The van der Waals surface area contributed by atoms with Crippen LogP contribution in [-0.2, 0) is 0 Å². The fraction of sp³-hybridized carbons (Fsp3) is 0. The van der Waals surface area contributed by atoms with Gasteiger partial charge in [0.25, 0.3) is 0 Å². The van der Waals surface area contributed by atoms with Crippen molar-refractivity contribution in [2.24, 2.45) is 4.99 Å². The highest BCUT2D eigenvalue weighted by Gasteiger charge is 2.19. The Morgan fingerprint density at radius 1 is 0.850 bits per heavy atom. The lowest BCUT2D eigenvalue weighted by Gasteiger charge is -2.09. The molecule has 0 saturated heterocycles. The molecule has 0 amide bonds. The Labute approximate surface area is 115 Å². The molecule has 0 spiro atoms. The van der Waals surface area contributed by atoms with Gasteiger partial charge in [0.1, 0.15) is 0 Å². The van der Waals surface area contributed by atoms with Crippen molar-refractivity contribution in [2.45, 2.75) is 0 Å². The first-order valence-electron chi connectivity index (χ1n) is 5.94. The van der Waals surface area contributed by atoms with Gasteiger partial charge in [0, 0.05) is 0 Å². The van der Waals surface area contributed by atoms with E-state index in [2.05, 4.69) is 11.1 Å². The molecule has 1 aliphatic heterocycles. The Kier molecular flexibility index (Phi) is 2.64. The lowest BCUT2D eigenvalue weighted by Crippen LogP contribution is -2.04. The molecule has 0 unspecified atom stereocenters. The highest BCUT2D eigenvalue weighted by molar-refractivity contribution is 6.30. The molecule has 3 rings (SSSR count). The Morgan fingerprint density at radius 2 is 1.50 bits per heavy atom. The lowest BCUT2D eigenvalue weighted by molar-refractivity contribution is 1.46. The van der Waals surface area contributed by atoms with Crippen LogP contribution in [0.4, 0.5) is 0 Å². The minimum Gasteiger partial charge on any atom is -0.464 e. The summed E-state index contributed by atoms with van der Waals surface area (Å²) in [6, 6.07) is 16.3. The van der Waals surface area contributed by atoms with Gasteiger partial charge in [-0.3, -0.25) is 0 Å². The van der Waals surface area contributed by atoms with Gasteiger partial charge in [-0.25, -0.2) is 0 Å². The first kappa shape index (κ1) is 11.8. The summed E-state index contributed by atoms with van der Waals surface area (Å²) in [5.74, 6) is -0.181. The second-order valence-electron chi connectivity index (χ2n) is 4.28. The van der Waals surface area contributed by atoms with Crippen molar-refractivity contribution in [1.29, 1.82) is 10.5 Å². The van der Waals surface area contributed by atoms with Crippen molar-refractivity contribution in [3.63, 3.8) is 0 Å². The molecule has 0 saturated carbocycles. The Bertz CT molecular complexity index is 848. The molecule has 0 bridgehead atoms. The van der Waals surface area contributed by atoms with Crippen LogP contribution in [-0.4, -0.2) is 11.5 Å². The Hall–Kier alpha value is -3.24. The number of nitriles is 2. The quantitative estimate of drug-likeness (QED) is 0.784. The van der Waals surface area contributed by atoms with Gasteiger partial charge in [0.05, 0.1) is 23.3 Å². The van der Waals surface area contributed by atoms with Crippen LogP contribution in [0, 0.1) is 22.7 Å². The number of hydrogen-bond donors (Lipinski definition) is 0. The molecule has 92 valence electrons. The molecule has 20 heavy (non-hydrogen) atoms. The first-order chi connectivity index (χ1) is 9.76. The highest BCUT2D eigenvalue weighted by Crippen LogP contribution is 2.27. The maximum absolute atomic E-state index is 9.98. The average molecular weight is 255 g/mol. The van der Waals surface area contributed by atoms with Gasteiger partial charge in [0.2, 0.25) is 0 Å². The number of benzene rings is 2. The van der Waals surface area contributed by atoms with Gasteiger partial charge in [0.15, 0.2) is 0 Å². The highest BCUT2D eigenvalue weighted by atomic mass is 14.9. The number of amidine groups is 1. The van der Waals surface area contributed by atoms with Crippen molar-refractivity contribution >= 4 is 11.5 Å². The van der Waals surface area contributed by atoms with E-state index in [0.717, 1.165) is 0 Å². The third-order valence-corrected chi connectivity index (χ3v) is 3.18. The number of hydrogen-bond acceptors (Lipinski definition) is 2. The largest absolute Gasteiger partial charge is 0.464 e. The topological polar surface area (TPSA) is 82.2 Å². The van der Waals surface area contributed by atoms with Crippen LogP contribution in [0.3, 0.4) is 0 Å². The smallest absolute Gasteiger partial charge is 0.0998 e. The molecule has 1 heterocycles. The first-order valence-corrected chi connectivity index (χ1v) is 5.94. The predicted octanol–water partition coefficient (Wildman–Crippen LogP) is 2.60. The second-order valence-corrected chi connectivity index (χ2v) is 4.28. The summed E-state index contributed by atoms with van der Waals surface area (Å²) in [6.07, 6.45) is 0. The fourth-order valence-corrected chi connectivity index (χ4v) is 2.30. The van der Waals surface area contributed by atoms with Crippen molar-refractivity contribution in [2.75, 3.05) is 0 Å². The van der Waals surface area contributed by atoms with Gasteiger partial charge in [-0.1, -0.05) is 36.2 Å². The van der Waals surface area contributed by atoms with E-state index in [1.165, 1.54) is 0 Å². The van der Waals surface area contributed by atoms with Gasteiger partial charge < -0.3 is 10.4 Å². The summed E-state index contributed by atoms with van der Waals surface area (Å²) in [6.45, 7) is 0. The van der Waals surface area contributed by atoms with Gasteiger partial charge in [-0.2, -0.15) is 10.5 Å². The van der Waals surface area contributed by atoms with E-state index in [4.69, 9.17) is 10.5 Å². The van der Waals surface area contributed by atoms with E-state index < -0.39 is 0 Å². The minimum absolute atomic E-state index is 0.181. The normalized spacial score (nSPS) is 12.3. The van der Waals surface area contributed by atoms with E-state index in [1.807, 2.05) is 12.1 Å². The standard InChI is InChI=1S/C16H7N4/c17-8-10-4-1-2-6-12(10)15-13-7-3-5-11(9-18)14(13)16(19)20-15/h1-7H/q-1. The minimum atomic E-state index is -0.181. The maximum atomic E-state index is 9.98. The van der Waals surface area contributed by atoms with Crippen LogP contribution >= 0.6 is 0 Å². The van der Waals surface area contributed by atoms with Crippen molar-refractivity contribution in [3.8, 4) is 12.1 Å². The number of nitrogens with zero attached hydrogens (tertiary/aromatic N) is 4. The monoisotopic (exact) mass is 255 g/mol. The zero-order chi connectivity index (χ0) is 14.1. The molecule has 0 radical (unpaired) electrons. The molecule has 4 heteroatoms. The third kappa shape index (κ3) is 1.60. The molecule has 0 N–H and O–H groups in total. The van der Waals surface area contributed by atoms with Gasteiger partial charge >= 0.3 is 0 Å². The van der Waals surface area contributed by atoms with Crippen LogP contribution in [0.1, 0.15) is 27.8 Å². The van der Waals surface area contributed by atoms with Gasteiger partial charge in [-0.05, 0) is 34.5 Å². The molecule has 4 nitrogen and oxygen atoms in total. The number of rotatable bonds is 1. The molecule has 2 aromatic carbocycles. The molecule has 0 aromatic heterocycles. The van der Waals surface area contributed by atoms with Crippen molar-refractivity contribution in [1.82, 2.24) is 0 Å². The summed E-state index contributed by atoms with van der Waals surface area (Å²) in [5, 5.41) is 28.2. The second kappa shape index (κ2) is 4.46. The molecule has 0 aliphatic carbocycles. The zero-order valence-corrected chi connectivity index (χ0v) is 10.3. The van der Waals surface area contributed by atoms with Crippen LogP contribution < -0.4 is 0 Å². The van der Waals surface area contributed by atoms with E-state index in [0.29, 0.717) is 33.5 Å². The maximum Gasteiger partial charge on any atom is 0.0998 e. The van der Waals surface area contributed by atoms with Crippen LogP contribution in [0.5, 0.6) is 0 Å². The summed E-state index contributed by atoms with van der Waals surface area (Å²) in [5.41, 5.74) is 3.12. The average Bonchev–Trinajstić information content (AvgIpc) is 2.84. The Morgan fingerprint density at radius 3 is 2.25 bits per heavy atom. The molecule has 2 aromatic rings. The van der Waals surface area contributed by atoms with E-state index in [1.54, 1.807) is 36.4 Å². The van der Waals surface area contributed by atoms with Crippen molar-refractivity contribution in [3.05, 3.63) is 75.7 Å². The molecular weight excluding hydrogens is 248 g/mol. The van der Waals surface area contributed by atoms with Crippen molar-refractivity contribution < 1.29 is 0 Å². The molecular formula is C16H7N4-. The van der Waals surface area contributed by atoms with E-state index in [9.17, 15) is 5.41 Å². The predicted molar refractivity (Wildman–Crippen MR) is 75.4 cm³/mol. The fourth-order valence-electron chi connectivity index (χ4n) is 2.30. The van der Waals surface area contributed by atoms with Crippen LogP contribution in [0.2, 0.25) is 0 Å². The third-order valence-electron chi connectivity index (χ3n) is 3.18. The summed E-state index contributed by atoms with van der Waals surface area (Å²) < 4.78 is 0.